The van der Waals surface area contributed by atoms with Crippen LogP contribution in [0.25, 0.3) is 10.7 Å². The number of thiazole rings is 1. The first kappa shape index (κ1) is 14.7. The van der Waals surface area contributed by atoms with Crippen LogP contribution in [0.4, 0.5) is 13.2 Å². The fourth-order valence-electron chi connectivity index (χ4n) is 1.86. The highest BCUT2D eigenvalue weighted by Gasteiger charge is 2.38. The standard InChI is InChI=1S/C13H11ClF3N3S/c14-8-2-1-5-18-10(8)12-20-11(13(15,16)17)9(21-12)6-19-7-3-4-7/h1-2,5,7,19H,3-4,6H2. The first-order valence-corrected chi connectivity index (χ1v) is 7.56. The first-order valence-electron chi connectivity index (χ1n) is 6.36. The zero-order chi connectivity index (χ0) is 15.0. The van der Waals surface area contributed by atoms with E-state index in [-0.39, 0.29) is 22.1 Å². The van der Waals surface area contributed by atoms with E-state index in [2.05, 4.69) is 15.3 Å². The Bertz CT molecular complexity index is 652. The van der Waals surface area contributed by atoms with Gasteiger partial charge in [0, 0.05) is 18.8 Å². The molecule has 3 rings (SSSR count). The van der Waals surface area contributed by atoms with Gasteiger partial charge in [-0.2, -0.15) is 13.2 Å². The van der Waals surface area contributed by atoms with Gasteiger partial charge >= 0.3 is 6.18 Å². The van der Waals surface area contributed by atoms with E-state index >= 15 is 0 Å². The summed E-state index contributed by atoms with van der Waals surface area (Å²) in [6, 6.07) is 3.54. The number of halogens is 4. The summed E-state index contributed by atoms with van der Waals surface area (Å²) < 4.78 is 39.2. The molecule has 1 aliphatic carbocycles. The SMILES string of the molecule is FC(F)(F)c1nc(-c2ncccc2Cl)sc1CNC1CC1. The molecule has 8 heteroatoms. The second-order valence-electron chi connectivity index (χ2n) is 4.78. The number of aromatic nitrogens is 2. The Morgan fingerprint density at radius 1 is 1.38 bits per heavy atom. The lowest BCUT2D eigenvalue weighted by molar-refractivity contribution is -0.141. The highest BCUT2D eigenvalue weighted by molar-refractivity contribution is 7.15. The minimum Gasteiger partial charge on any atom is -0.309 e. The molecular weight excluding hydrogens is 323 g/mol. The van der Waals surface area contributed by atoms with E-state index in [0.29, 0.717) is 11.1 Å². The van der Waals surface area contributed by atoms with Gasteiger partial charge in [0.15, 0.2) is 5.69 Å². The van der Waals surface area contributed by atoms with Gasteiger partial charge in [-0.15, -0.1) is 11.3 Å². The summed E-state index contributed by atoms with van der Waals surface area (Å²) in [6.45, 7) is 0.168. The van der Waals surface area contributed by atoms with Crippen molar-refractivity contribution in [1.82, 2.24) is 15.3 Å². The molecule has 1 saturated carbocycles. The largest absolute Gasteiger partial charge is 0.434 e. The lowest BCUT2D eigenvalue weighted by Gasteiger charge is -2.06. The predicted molar refractivity (Wildman–Crippen MR) is 75.2 cm³/mol. The van der Waals surface area contributed by atoms with Crippen LogP contribution in [-0.4, -0.2) is 16.0 Å². The maximum Gasteiger partial charge on any atom is 0.434 e. The fraction of sp³-hybridized carbons (Fsp3) is 0.385. The number of nitrogens with one attached hydrogen (secondary N) is 1. The average Bonchev–Trinajstić information content (AvgIpc) is 3.14. The predicted octanol–water partition coefficient (Wildman–Crippen LogP) is 4.13. The molecule has 0 radical (unpaired) electrons. The summed E-state index contributed by atoms with van der Waals surface area (Å²) in [5.41, 5.74) is -0.565. The van der Waals surface area contributed by atoms with Crippen LogP contribution >= 0.6 is 22.9 Å². The van der Waals surface area contributed by atoms with Crippen molar-refractivity contribution in [3.63, 3.8) is 0 Å². The molecule has 0 aromatic carbocycles. The lowest BCUT2D eigenvalue weighted by Crippen LogP contribution is -2.18. The quantitative estimate of drug-likeness (QED) is 0.914. The molecule has 0 atom stereocenters. The summed E-state index contributed by atoms with van der Waals surface area (Å²) in [4.78, 5) is 7.91. The van der Waals surface area contributed by atoms with E-state index < -0.39 is 11.9 Å². The van der Waals surface area contributed by atoms with Crippen molar-refractivity contribution in [3.05, 3.63) is 33.9 Å². The fourth-order valence-corrected chi connectivity index (χ4v) is 3.17. The van der Waals surface area contributed by atoms with Crippen LogP contribution in [0.3, 0.4) is 0 Å². The molecule has 0 amide bonds. The van der Waals surface area contributed by atoms with Gasteiger partial charge in [-0.25, -0.2) is 4.98 Å². The molecule has 1 fully saturated rings. The number of nitrogens with zero attached hydrogens (tertiary/aromatic N) is 2. The molecule has 2 aromatic heterocycles. The van der Waals surface area contributed by atoms with Crippen LogP contribution in [0, 0.1) is 0 Å². The molecule has 1 N–H and O–H groups in total. The van der Waals surface area contributed by atoms with Gasteiger partial charge in [0.25, 0.3) is 0 Å². The maximum absolute atomic E-state index is 13.1. The van der Waals surface area contributed by atoms with Crippen molar-refractivity contribution in [2.75, 3.05) is 0 Å². The molecule has 0 unspecified atom stereocenters. The van der Waals surface area contributed by atoms with E-state index in [1.807, 2.05) is 0 Å². The van der Waals surface area contributed by atoms with Gasteiger partial charge in [-0.05, 0) is 25.0 Å². The Morgan fingerprint density at radius 3 is 2.76 bits per heavy atom. The topological polar surface area (TPSA) is 37.8 Å². The van der Waals surface area contributed by atoms with Crippen molar-refractivity contribution < 1.29 is 13.2 Å². The molecule has 2 heterocycles. The van der Waals surface area contributed by atoms with Gasteiger partial charge in [0.05, 0.1) is 9.90 Å². The molecule has 0 saturated heterocycles. The number of hydrogen-bond donors (Lipinski definition) is 1. The van der Waals surface area contributed by atoms with E-state index in [1.165, 1.54) is 6.20 Å². The normalized spacial score (nSPS) is 15.4. The molecule has 2 aromatic rings. The summed E-state index contributed by atoms with van der Waals surface area (Å²) in [5.74, 6) is 0. The molecule has 3 nitrogen and oxygen atoms in total. The summed E-state index contributed by atoms with van der Waals surface area (Å²) >= 11 is 6.96. The van der Waals surface area contributed by atoms with Crippen molar-refractivity contribution in [2.24, 2.45) is 0 Å². The van der Waals surface area contributed by atoms with Crippen molar-refractivity contribution >= 4 is 22.9 Å². The minimum atomic E-state index is -4.48. The second kappa shape index (κ2) is 5.55. The van der Waals surface area contributed by atoms with Gasteiger partial charge < -0.3 is 5.32 Å². The molecule has 0 bridgehead atoms. The summed E-state index contributed by atoms with van der Waals surface area (Å²) in [5, 5.41) is 3.57. The van der Waals surface area contributed by atoms with E-state index in [1.54, 1.807) is 12.1 Å². The monoisotopic (exact) mass is 333 g/mol. The summed E-state index contributed by atoms with van der Waals surface area (Å²) in [6.07, 6.45) is -0.966. The number of rotatable bonds is 4. The third kappa shape index (κ3) is 3.36. The van der Waals surface area contributed by atoms with Crippen molar-refractivity contribution in [3.8, 4) is 10.7 Å². The average molecular weight is 334 g/mol. The molecule has 112 valence electrons. The van der Waals surface area contributed by atoms with Gasteiger partial charge in [0.2, 0.25) is 0 Å². The van der Waals surface area contributed by atoms with Crippen LogP contribution in [0.2, 0.25) is 5.02 Å². The van der Waals surface area contributed by atoms with Crippen LogP contribution in [0.15, 0.2) is 18.3 Å². The lowest BCUT2D eigenvalue weighted by atomic mass is 10.3. The van der Waals surface area contributed by atoms with Gasteiger partial charge in [-0.3, -0.25) is 4.98 Å². The Morgan fingerprint density at radius 2 is 2.14 bits per heavy atom. The third-order valence-electron chi connectivity index (χ3n) is 3.06. The molecule has 0 spiro atoms. The Labute approximate surface area is 128 Å². The zero-order valence-electron chi connectivity index (χ0n) is 10.7. The Balaban J connectivity index is 1.96. The second-order valence-corrected chi connectivity index (χ2v) is 6.27. The molecular formula is C13H11ClF3N3S. The zero-order valence-corrected chi connectivity index (χ0v) is 12.3. The minimum absolute atomic E-state index is 0.168. The molecule has 1 aliphatic rings. The Hall–Kier alpha value is -1.18. The Kier molecular flexibility index (Phi) is 3.90. The number of alkyl halides is 3. The van der Waals surface area contributed by atoms with E-state index in [9.17, 15) is 13.2 Å². The number of hydrogen-bond acceptors (Lipinski definition) is 4. The third-order valence-corrected chi connectivity index (χ3v) is 4.42. The highest BCUT2D eigenvalue weighted by atomic mass is 35.5. The van der Waals surface area contributed by atoms with Crippen LogP contribution in [0.5, 0.6) is 0 Å². The summed E-state index contributed by atoms with van der Waals surface area (Å²) in [7, 11) is 0. The molecule has 21 heavy (non-hydrogen) atoms. The van der Waals surface area contributed by atoms with Crippen LogP contribution in [-0.2, 0) is 12.7 Å². The maximum atomic E-state index is 13.1. The van der Waals surface area contributed by atoms with E-state index in [0.717, 1.165) is 24.2 Å². The van der Waals surface area contributed by atoms with E-state index in [4.69, 9.17) is 11.6 Å². The van der Waals surface area contributed by atoms with Crippen molar-refractivity contribution in [2.45, 2.75) is 31.6 Å². The first-order chi connectivity index (χ1) is 9.95. The van der Waals surface area contributed by atoms with Crippen LogP contribution in [0.1, 0.15) is 23.4 Å². The van der Waals surface area contributed by atoms with Crippen LogP contribution < -0.4 is 5.32 Å². The smallest absolute Gasteiger partial charge is 0.309 e. The van der Waals surface area contributed by atoms with Gasteiger partial charge in [0.1, 0.15) is 10.7 Å². The highest BCUT2D eigenvalue weighted by Crippen LogP contribution is 2.39. The number of pyridine rings is 1. The molecule has 0 aliphatic heterocycles. The van der Waals surface area contributed by atoms with Gasteiger partial charge in [-0.1, -0.05) is 11.6 Å². The van der Waals surface area contributed by atoms with Crippen molar-refractivity contribution in [1.29, 1.82) is 0 Å².